The molecule has 1 atom stereocenters. The van der Waals surface area contributed by atoms with Gasteiger partial charge in [-0.2, -0.15) is 5.10 Å². The van der Waals surface area contributed by atoms with E-state index in [4.69, 9.17) is 33.0 Å². The number of aromatic nitrogens is 2. The van der Waals surface area contributed by atoms with Gasteiger partial charge in [0.1, 0.15) is 0 Å². The van der Waals surface area contributed by atoms with Crippen LogP contribution in [0.1, 0.15) is 44.7 Å². The van der Waals surface area contributed by atoms with Crippen LogP contribution in [0, 0.1) is 0 Å². The standard InChI is InChI=1S/C36H38Cl2N4O2/c1-3-41(4-2)19-10-15-33(27-12-6-5-7-13-27)39-35(43)18-20-44-36-25-34(29-21-30(37)24-31(38)22-29)40-42(36)32-17-16-26-11-8-9-14-28(26)23-32/h5-9,11-14,16-17,21-25,33H,3-4,10,15,18-20H2,1-2H3,(H,39,43)/t33-/m0/s1. The highest BCUT2D eigenvalue weighted by Crippen LogP contribution is 2.31. The van der Waals surface area contributed by atoms with Crippen LogP contribution in [0.4, 0.5) is 0 Å². The molecule has 0 unspecified atom stereocenters. The summed E-state index contributed by atoms with van der Waals surface area (Å²) in [4.78, 5) is 15.6. The summed E-state index contributed by atoms with van der Waals surface area (Å²) < 4.78 is 7.99. The summed E-state index contributed by atoms with van der Waals surface area (Å²) in [6.07, 6.45) is 2.08. The molecule has 0 bridgehead atoms. The Balaban J connectivity index is 1.31. The summed E-state index contributed by atoms with van der Waals surface area (Å²) in [5.74, 6) is 0.471. The molecule has 0 saturated heterocycles. The second-order valence-electron chi connectivity index (χ2n) is 10.8. The normalized spacial score (nSPS) is 12.0. The molecular formula is C36H38Cl2N4O2. The molecule has 5 aromatic rings. The average molecular weight is 630 g/mol. The lowest BCUT2D eigenvalue weighted by Gasteiger charge is -2.22. The number of benzene rings is 4. The van der Waals surface area contributed by atoms with E-state index in [9.17, 15) is 4.79 Å². The molecular weight excluding hydrogens is 591 g/mol. The SMILES string of the molecule is CCN(CC)CCC[C@H](NC(=O)CCOc1cc(-c2cc(Cl)cc(Cl)c2)nn1-c1ccc2ccccc2c1)c1ccccc1. The molecule has 1 heterocycles. The van der Waals surface area contributed by atoms with Crippen molar-refractivity contribution in [1.82, 2.24) is 20.0 Å². The summed E-state index contributed by atoms with van der Waals surface area (Å²) in [6.45, 7) is 7.62. The van der Waals surface area contributed by atoms with Crippen LogP contribution in [0.15, 0.2) is 97.1 Å². The van der Waals surface area contributed by atoms with Crippen molar-refractivity contribution in [2.75, 3.05) is 26.2 Å². The van der Waals surface area contributed by atoms with Crippen molar-refractivity contribution in [3.8, 4) is 22.8 Å². The summed E-state index contributed by atoms with van der Waals surface area (Å²) >= 11 is 12.6. The number of fused-ring (bicyclic) bond motifs is 1. The van der Waals surface area contributed by atoms with Gasteiger partial charge in [0.25, 0.3) is 0 Å². The van der Waals surface area contributed by atoms with Crippen molar-refractivity contribution in [3.05, 3.63) is 113 Å². The maximum atomic E-state index is 13.2. The zero-order chi connectivity index (χ0) is 30.9. The van der Waals surface area contributed by atoms with E-state index in [0.717, 1.165) is 60.1 Å². The molecule has 0 saturated carbocycles. The maximum absolute atomic E-state index is 13.2. The van der Waals surface area contributed by atoms with Crippen molar-refractivity contribution in [2.24, 2.45) is 0 Å². The van der Waals surface area contributed by atoms with E-state index in [1.165, 1.54) is 0 Å². The van der Waals surface area contributed by atoms with E-state index in [2.05, 4.69) is 60.5 Å². The third-order valence-electron chi connectivity index (χ3n) is 7.79. The van der Waals surface area contributed by atoms with Crippen molar-refractivity contribution in [1.29, 1.82) is 0 Å². The quantitative estimate of drug-likeness (QED) is 0.134. The molecule has 1 amide bonds. The first-order valence-electron chi connectivity index (χ1n) is 15.2. The van der Waals surface area contributed by atoms with Crippen LogP contribution >= 0.6 is 23.2 Å². The lowest BCUT2D eigenvalue weighted by molar-refractivity contribution is -0.122. The Labute approximate surface area is 269 Å². The number of hydrogen-bond donors (Lipinski definition) is 1. The van der Waals surface area contributed by atoms with Crippen molar-refractivity contribution in [3.63, 3.8) is 0 Å². The Bertz CT molecular complexity index is 1660. The Kier molecular flexibility index (Phi) is 10.9. The minimum Gasteiger partial charge on any atom is -0.477 e. The van der Waals surface area contributed by atoms with Crippen LogP contribution in [-0.2, 0) is 4.79 Å². The van der Waals surface area contributed by atoms with E-state index < -0.39 is 0 Å². The van der Waals surface area contributed by atoms with Crippen LogP contribution < -0.4 is 10.1 Å². The second-order valence-corrected chi connectivity index (χ2v) is 11.6. The summed E-state index contributed by atoms with van der Waals surface area (Å²) in [7, 11) is 0. The van der Waals surface area contributed by atoms with Crippen LogP contribution in [0.3, 0.4) is 0 Å². The van der Waals surface area contributed by atoms with Crippen molar-refractivity contribution < 1.29 is 9.53 Å². The fourth-order valence-corrected chi connectivity index (χ4v) is 5.91. The van der Waals surface area contributed by atoms with Crippen molar-refractivity contribution >= 4 is 39.9 Å². The number of nitrogens with zero attached hydrogens (tertiary/aromatic N) is 3. The lowest BCUT2D eigenvalue weighted by Crippen LogP contribution is -2.31. The molecule has 44 heavy (non-hydrogen) atoms. The highest BCUT2D eigenvalue weighted by Gasteiger charge is 2.17. The van der Waals surface area contributed by atoms with E-state index in [1.807, 2.05) is 54.6 Å². The number of ether oxygens (including phenoxy) is 1. The third kappa shape index (κ3) is 8.20. The minimum atomic E-state index is -0.0553. The van der Waals surface area contributed by atoms with E-state index in [1.54, 1.807) is 10.7 Å². The predicted octanol–water partition coefficient (Wildman–Crippen LogP) is 8.75. The number of carbonyl (C=O) groups excluding carboxylic acids is 1. The van der Waals surface area contributed by atoms with E-state index in [0.29, 0.717) is 21.6 Å². The number of nitrogens with one attached hydrogen (secondary N) is 1. The Hall–Kier alpha value is -3.84. The summed E-state index contributed by atoms with van der Waals surface area (Å²) in [5, 5.41) is 11.4. The summed E-state index contributed by atoms with van der Waals surface area (Å²) in [5.41, 5.74) is 3.40. The zero-order valence-corrected chi connectivity index (χ0v) is 26.7. The maximum Gasteiger partial charge on any atom is 0.223 e. The Morgan fingerprint density at radius 3 is 2.32 bits per heavy atom. The highest BCUT2D eigenvalue weighted by molar-refractivity contribution is 6.35. The monoisotopic (exact) mass is 628 g/mol. The van der Waals surface area contributed by atoms with Gasteiger partial charge < -0.3 is 15.0 Å². The van der Waals surface area contributed by atoms with Gasteiger partial charge in [-0.1, -0.05) is 97.7 Å². The van der Waals surface area contributed by atoms with E-state index >= 15 is 0 Å². The molecule has 1 aromatic heterocycles. The first-order valence-corrected chi connectivity index (χ1v) is 15.9. The molecule has 4 aromatic carbocycles. The van der Waals surface area contributed by atoms with Gasteiger partial charge in [0.05, 0.1) is 30.5 Å². The molecule has 6 nitrogen and oxygen atoms in total. The minimum absolute atomic E-state index is 0.0541. The lowest BCUT2D eigenvalue weighted by atomic mass is 10.0. The summed E-state index contributed by atoms with van der Waals surface area (Å²) in [6, 6.07) is 31.6. The van der Waals surface area contributed by atoms with Gasteiger partial charge in [0, 0.05) is 21.7 Å². The first kappa shape index (κ1) is 31.6. The molecule has 0 aliphatic rings. The highest BCUT2D eigenvalue weighted by atomic mass is 35.5. The van der Waals surface area contributed by atoms with Crippen LogP contribution in [0.2, 0.25) is 10.0 Å². The van der Waals surface area contributed by atoms with Crippen molar-refractivity contribution in [2.45, 2.75) is 39.2 Å². The molecule has 8 heteroatoms. The molecule has 0 aliphatic heterocycles. The van der Waals surface area contributed by atoms with Gasteiger partial charge in [0.15, 0.2) is 0 Å². The van der Waals surface area contributed by atoms with Gasteiger partial charge in [-0.25, -0.2) is 4.68 Å². The van der Waals surface area contributed by atoms with Crippen LogP contribution in [0.5, 0.6) is 5.88 Å². The molecule has 1 N–H and O–H groups in total. The average Bonchev–Trinajstić information content (AvgIpc) is 3.46. The largest absolute Gasteiger partial charge is 0.477 e. The number of hydrogen-bond acceptors (Lipinski definition) is 4. The van der Waals surface area contributed by atoms with Gasteiger partial charge >= 0.3 is 0 Å². The van der Waals surface area contributed by atoms with Gasteiger partial charge in [0.2, 0.25) is 11.8 Å². The number of amides is 1. The van der Waals surface area contributed by atoms with Gasteiger partial charge in [-0.3, -0.25) is 4.79 Å². The van der Waals surface area contributed by atoms with E-state index in [-0.39, 0.29) is 25.0 Å². The zero-order valence-electron chi connectivity index (χ0n) is 25.2. The molecule has 0 aliphatic carbocycles. The van der Waals surface area contributed by atoms with Crippen LogP contribution in [-0.4, -0.2) is 46.8 Å². The topological polar surface area (TPSA) is 59.4 Å². The Morgan fingerprint density at radius 1 is 0.886 bits per heavy atom. The molecule has 5 rings (SSSR count). The van der Waals surface area contributed by atoms with Gasteiger partial charge in [-0.15, -0.1) is 0 Å². The third-order valence-corrected chi connectivity index (χ3v) is 8.23. The molecule has 228 valence electrons. The molecule has 0 radical (unpaired) electrons. The number of carbonyl (C=O) groups is 1. The fourth-order valence-electron chi connectivity index (χ4n) is 5.38. The number of rotatable bonds is 14. The molecule has 0 spiro atoms. The Morgan fingerprint density at radius 2 is 1.59 bits per heavy atom. The number of halogens is 2. The first-order chi connectivity index (χ1) is 21.4. The fraction of sp³-hybridized carbons (Fsp3) is 0.278. The predicted molar refractivity (Wildman–Crippen MR) is 181 cm³/mol. The second kappa shape index (κ2) is 15.2. The van der Waals surface area contributed by atoms with Crippen LogP contribution in [0.25, 0.3) is 27.7 Å². The molecule has 0 fully saturated rings. The van der Waals surface area contributed by atoms with Gasteiger partial charge in [-0.05, 0) is 79.1 Å². The smallest absolute Gasteiger partial charge is 0.223 e.